The molecular weight excluding hydrogens is 257 g/mol. The van der Waals surface area contributed by atoms with Crippen LogP contribution >= 0.6 is 0 Å². The highest BCUT2D eigenvalue weighted by atomic mass is 19.4. The summed E-state index contributed by atoms with van der Waals surface area (Å²) in [5.74, 6) is 0. The van der Waals surface area contributed by atoms with Gasteiger partial charge in [0, 0.05) is 17.8 Å². The Hall–Kier alpha value is -1.74. The summed E-state index contributed by atoms with van der Waals surface area (Å²) in [4.78, 5) is 0. The number of alkyl halides is 3. The molecule has 1 aromatic rings. The highest BCUT2D eigenvalue weighted by Crippen LogP contribution is 2.33. The number of nitrogens with one attached hydrogen (secondary N) is 1. The van der Waals surface area contributed by atoms with Crippen molar-refractivity contribution in [1.82, 2.24) is 0 Å². The molecule has 0 bridgehead atoms. The number of hydrogen-bond donors (Lipinski definition) is 2. The van der Waals surface area contributed by atoms with Crippen LogP contribution in [0.5, 0.6) is 0 Å². The third-order valence-electron chi connectivity index (χ3n) is 2.66. The van der Waals surface area contributed by atoms with E-state index in [2.05, 4.69) is 5.32 Å². The van der Waals surface area contributed by atoms with Crippen molar-refractivity contribution in [2.24, 2.45) is 0 Å². The zero-order valence-corrected chi connectivity index (χ0v) is 10.7. The van der Waals surface area contributed by atoms with Crippen LogP contribution in [0.3, 0.4) is 0 Å². The maximum atomic E-state index is 12.6. The number of rotatable bonds is 4. The van der Waals surface area contributed by atoms with E-state index in [1.54, 1.807) is 6.07 Å². The Kier molecular flexibility index (Phi) is 4.43. The average molecular weight is 272 g/mol. The van der Waals surface area contributed by atoms with Gasteiger partial charge < -0.3 is 10.4 Å². The van der Waals surface area contributed by atoms with Gasteiger partial charge in [0.25, 0.3) is 0 Å². The Morgan fingerprint density at radius 2 is 1.95 bits per heavy atom. The lowest BCUT2D eigenvalue weighted by Gasteiger charge is -2.27. The maximum absolute atomic E-state index is 12.6. The maximum Gasteiger partial charge on any atom is 0.417 e. The largest absolute Gasteiger partial charge is 0.417 e. The third-order valence-corrected chi connectivity index (χ3v) is 2.66. The van der Waals surface area contributed by atoms with Crippen molar-refractivity contribution in [3.05, 3.63) is 29.3 Å². The lowest BCUT2D eigenvalue weighted by Crippen LogP contribution is -2.32. The summed E-state index contributed by atoms with van der Waals surface area (Å²) < 4.78 is 37.9. The van der Waals surface area contributed by atoms with Crippen LogP contribution in [0.25, 0.3) is 0 Å². The molecule has 0 fully saturated rings. The fraction of sp³-hybridized carbons (Fsp3) is 0.462. The first-order chi connectivity index (χ1) is 8.69. The van der Waals surface area contributed by atoms with Crippen LogP contribution in [0.15, 0.2) is 18.2 Å². The van der Waals surface area contributed by atoms with E-state index in [1.807, 2.05) is 13.8 Å². The molecule has 0 unspecified atom stereocenters. The molecule has 19 heavy (non-hydrogen) atoms. The summed E-state index contributed by atoms with van der Waals surface area (Å²) in [6, 6.07) is 4.88. The van der Waals surface area contributed by atoms with Crippen molar-refractivity contribution in [2.45, 2.75) is 32.0 Å². The van der Waals surface area contributed by atoms with Gasteiger partial charge in [-0.2, -0.15) is 18.4 Å². The minimum Gasteiger partial charge on any atom is -0.396 e. The molecule has 1 rings (SSSR count). The lowest BCUT2D eigenvalue weighted by molar-refractivity contribution is -0.137. The van der Waals surface area contributed by atoms with E-state index >= 15 is 0 Å². The molecule has 0 saturated heterocycles. The summed E-state index contributed by atoms with van der Waals surface area (Å²) in [6.45, 7) is 3.59. The van der Waals surface area contributed by atoms with Gasteiger partial charge in [0.05, 0.1) is 17.2 Å². The summed E-state index contributed by atoms with van der Waals surface area (Å²) in [6.07, 6.45) is -4.10. The Morgan fingerprint density at radius 1 is 1.32 bits per heavy atom. The Labute approximate surface area is 109 Å². The molecule has 0 saturated carbocycles. The van der Waals surface area contributed by atoms with E-state index in [0.29, 0.717) is 12.1 Å². The number of nitrogens with zero attached hydrogens (tertiary/aromatic N) is 1. The predicted molar refractivity (Wildman–Crippen MR) is 65.6 cm³/mol. The van der Waals surface area contributed by atoms with Crippen molar-refractivity contribution in [3.63, 3.8) is 0 Å². The summed E-state index contributed by atoms with van der Waals surface area (Å²) in [5, 5.41) is 20.7. The van der Waals surface area contributed by atoms with Crippen molar-refractivity contribution in [3.8, 4) is 6.07 Å². The standard InChI is InChI=1S/C13H15F3N2O/c1-12(2,5-6-19)18-10-3-4-11(13(14,15)16)9(7-10)8-17/h3-4,7,18-19H,5-6H2,1-2H3. The first-order valence-corrected chi connectivity index (χ1v) is 5.70. The molecule has 0 radical (unpaired) electrons. The third kappa shape index (κ3) is 4.14. The summed E-state index contributed by atoms with van der Waals surface area (Å²) in [5.41, 5.74) is -1.41. The van der Waals surface area contributed by atoms with Gasteiger partial charge >= 0.3 is 6.18 Å². The van der Waals surface area contributed by atoms with Crippen LogP contribution in [0.2, 0.25) is 0 Å². The Morgan fingerprint density at radius 3 is 2.42 bits per heavy atom. The zero-order chi connectivity index (χ0) is 14.7. The van der Waals surface area contributed by atoms with Crippen molar-refractivity contribution < 1.29 is 18.3 Å². The second kappa shape index (κ2) is 5.49. The monoisotopic (exact) mass is 272 g/mol. The van der Waals surface area contributed by atoms with Crippen LogP contribution in [0.4, 0.5) is 18.9 Å². The van der Waals surface area contributed by atoms with Crippen LogP contribution in [0, 0.1) is 11.3 Å². The highest BCUT2D eigenvalue weighted by Gasteiger charge is 2.33. The molecule has 0 aromatic heterocycles. The van der Waals surface area contributed by atoms with Gasteiger partial charge in [0.2, 0.25) is 0 Å². The fourth-order valence-electron chi connectivity index (χ4n) is 1.69. The SMILES string of the molecule is CC(C)(CCO)Nc1ccc(C(F)(F)F)c(C#N)c1. The molecule has 0 atom stereocenters. The van der Waals surface area contributed by atoms with Crippen molar-refractivity contribution in [2.75, 3.05) is 11.9 Å². The number of nitriles is 1. The Balaban J connectivity index is 3.06. The lowest BCUT2D eigenvalue weighted by atomic mass is 9.99. The summed E-state index contributed by atoms with van der Waals surface area (Å²) >= 11 is 0. The molecule has 1 aromatic carbocycles. The van der Waals surface area contributed by atoms with Gasteiger partial charge in [0.15, 0.2) is 0 Å². The summed E-state index contributed by atoms with van der Waals surface area (Å²) in [7, 11) is 0. The molecule has 0 aliphatic heterocycles. The first-order valence-electron chi connectivity index (χ1n) is 5.70. The van der Waals surface area contributed by atoms with E-state index in [4.69, 9.17) is 10.4 Å². The van der Waals surface area contributed by atoms with Crippen LogP contribution < -0.4 is 5.32 Å². The zero-order valence-electron chi connectivity index (χ0n) is 10.7. The molecule has 0 amide bonds. The normalized spacial score (nSPS) is 12.1. The van der Waals surface area contributed by atoms with E-state index in [-0.39, 0.29) is 6.61 Å². The molecule has 0 aliphatic rings. The Bertz CT molecular complexity index is 490. The quantitative estimate of drug-likeness (QED) is 0.885. The van der Waals surface area contributed by atoms with Crippen molar-refractivity contribution in [1.29, 1.82) is 5.26 Å². The van der Waals surface area contributed by atoms with E-state index in [0.717, 1.165) is 6.07 Å². The molecule has 0 heterocycles. The number of aliphatic hydroxyl groups is 1. The first kappa shape index (κ1) is 15.3. The van der Waals surface area contributed by atoms with E-state index in [1.165, 1.54) is 12.1 Å². The van der Waals surface area contributed by atoms with Crippen LogP contribution in [-0.2, 0) is 6.18 Å². The van der Waals surface area contributed by atoms with Gasteiger partial charge in [0.1, 0.15) is 0 Å². The fourth-order valence-corrected chi connectivity index (χ4v) is 1.69. The number of halogens is 3. The number of hydrogen-bond acceptors (Lipinski definition) is 3. The van der Waals surface area contributed by atoms with Crippen LogP contribution in [-0.4, -0.2) is 17.3 Å². The molecule has 104 valence electrons. The topological polar surface area (TPSA) is 56.0 Å². The minimum atomic E-state index is -4.54. The number of aliphatic hydroxyl groups excluding tert-OH is 1. The van der Waals surface area contributed by atoms with Gasteiger partial charge in [-0.25, -0.2) is 0 Å². The van der Waals surface area contributed by atoms with Gasteiger partial charge in [-0.15, -0.1) is 0 Å². The molecular formula is C13H15F3N2O. The molecule has 2 N–H and O–H groups in total. The van der Waals surface area contributed by atoms with Gasteiger partial charge in [-0.3, -0.25) is 0 Å². The van der Waals surface area contributed by atoms with E-state index < -0.39 is 22.8 Å². The smallest absolute Gasteiger partial charge is 0.396 e. The minimum absolute atomic E-state index is 0.0360. The predicted octanol–water partition coefficient (Wildman–Crippen LogP) is 3.15. The number of benzene rings is 1. The van der Waals surface area contributed by atoms with E-state index in [9.17, 15) is 13.2 Å². The van der Waals surface area contributed by atoms with Gasteiger partial charge in [-0.1, -0.05) is 0 Å². The second-order valence-electron chi connectivity index (χ2n) is 4.85. The molecule has 3 nitrogen and oxygen atoms in total. The molecule has 0 aliphatic carbocycles. The molecule has 0 spiro atoms. The highest BCUT2D eigenvalue weighted by molar-refractivity contribution is 5.54. The van der Waals surface area contributed by atoms with Crippen molar-refractivity contribution >= 4 is 5.69 Å². The van der Waals surface area contributed by atoms with Gasteiger partial charge in [-0.05, 0) is 38.5 Å². The molecule has 6 heteroatoms. The second-order valence-corrected chi connectivity index (χ2v) is 4.85. The van der Waals surface area contributed by atoms with Crippen LogP contribution in [0.1, 0.15) is 31.4 Å². The number of anilines is 1. The average Bonchev–Trinajstić information content (AvgIpc) is 2.26.